The van der Waals surface area contributed by atoms with E-state index >= 15 is 0 Å². The molecule has 0 aromatic carbocycles. The molecule has 1 aromatic heterocycles. The summed E-state index contributed by atoms with van der Waals surface area (Å²) in [7, 11) is 5.28. The number of nitrogens with zero attached hydrogens (tertiary/aromatic N) is 3. The molecule has 1 heterocycles. The van der Waals surface area contributed by atoms with Crippen LogP contribution in [0, 0.1) is 11.8 Å². The first-order chi connectivity index (χ1) is 7.93. The van der Waals surface area contributed by atoms with Gasteiger partial charge >= 0.3 is 0 Å². The minimum Gasteiger partial charge on any atom is -0.340 e. The van der Waals surface area contributed by atoms with Crippen molar-refractivity contribution in [3.8, 4) is 0 Å². The SMILES string of the molecule is CN(C)CCN(C)C(=O)c1ccnc(F)c1F. The van der Waals surface area contributed by atoms with Crippen molar-refractivity contribution in [1.82, 2.24) is 14.8 Å². The molecule has 1 amide bonds. The van der Waals surface area contributed by atoms with E-state index in [1.807, 2.05) is 19.0 Å². The number of carbonyl (C=O) groups is 1. The topological polar surface area (TPSA) is 36.4 Å². The first-order valence-corrected chi connectivity index (χ1v) is 5.13. The summed E-state index contributed by atoms with van der Waals surface area (Å²) in [5.41, 5.74) is -0.293. The maximum Gasteiger partial charge on any atom is 0.256 e. The second kappa shape index (κ2) is 5.67. The van der Waals surface area contributed by atoms with Crippen LogP contribution < -0.4 is 0 Å². The number of pyridine rings is 1. The zero-order valence-electron chi connectivity index (χ0n) is 10.1. The van der Waals surface area contributed by atoms with Gasteiger partial charge in [0.2, 0.25) is 5.95 Å². The van der Waals surface area contributed by atoms with Crippen LogP contribution in [0.4, 0.5) is 8.78 Å². The van der Waals surface area contributed by atoms with Crippen molar-refractivity contribution in [3.05, 3.63) is 29.6 Å². The average molecular weight is 243 g/mol. The van der Waals surface area contributed by atoms with Crippen molar-refractivity contribution in [3.63, 3.8) is 0 Å². The number of halogens is 2. The van der Waals surface area contributed by atoms with Crippen LogP contribution >= 0.6 is 0 Å². The Balaban J connectivity index is 2.78. The first kappa shape index (κ1) is 13.5. The van der Waals surface area contributed by atoms with E-state index in [2.05, 4.69) is 4.98 Å². The highest BCUT2D eigenvalue weighted by molar-refractivity contribution is 5.94. The maximum atomic E-state index is 13.3. The van der Waals surface area contributed by atoms with E-state index in [-0.39, 0.29) is 5.56 Å². The van der Waals surface area contributed by atoms with Crippen LogP contribution in [0.25, 0.3) is 0 Å². The predicted molar refractivity (Wildman–Crippen MR) is 59.7 cm³/mol. The Kier molecular flexibility index (Phi) is 4.51. The molecule has 0 radical (unpaired) electrons. The molecule has 0 fully saturated rings. The summed E-state index contributed by atoms with van der Waals surface area (Å²) in [6.07, 6.45) is 1.07. The molecule has 17 heavy (non-hydrogen) atoms. The monoisotopic (exact) mass is 243 g/mol. The second-order valence-corrected chi connectivity index (χ2v) is 3.99. The largest absolute Gasteiger partial charge is 0.340 e. The Morgan fingerprint density at radius 1 is 1.29 bits per heavy atom. The summed E-state index contributed by atoms with van der Waals surface area (Å²) in [5, 5.41) is 0. The summed E-state index contributed by atoms with van der Waals surface area (Å²) in [6, 6.07) is 1.17. The van der Waals surface area contributed by atoms with Gasteiger partial charge in [0.15, 0.2) is 5.82 Å². The summed E-state index contributed by atoms with van der Waals surface area (Å²) < 4.78 is 26.2. The van der Waals surface area contributed by atoms with Gasteiger partial charge in [-0.05, 0) is 20.2 Å². The first-order valence-electron chi connectivity index (χ1n) is 5.13. The third kappa shape index (κ3) is 3.45. The minimum absolute atomic E-state index is 0.293. The average Bonchev–Trinajstić information content (AvgIpc) is 2.28. The molecule has 4 nitrogen and oxygen atoms in total. The summed E-state index contributed by atoms with van der Waals surface area (Å²) in [5.74, 6) is -3.00. The van der Waals surface area contributed by atoms with Gasteiger partial charge in [-0.1, -0.05) is 0 Å². The van der Waals surface area contributed by atoms with E-state index in [1.165, 1.54) is 11.0 Å². The van der Waals surface area contributed by atoms with Crippen molar-refractivity contribution >= 4 is 5.91 Å². The van der Waals surface area contributed by atoms with Crippen molar-refractivity contribution in [2.24, 2.45) is 0 Å². The molecule has 6 heteroatoms. The maximum absolute atomic E-state index is 13.3. The molecule has 0 atom stereocenters. The van der Waals surface area contributed by atoms with E-state index < -0.39 is 17.7 Å². The highest BCUT2D eigenvalue weighted by Crippen LogP contribution is 2.11. The molecule has 0 saturated carbocycles. The number of rotatable bonds is 4. The lowest BCUT2D eigenvalue weighted by atomic mass is 10.2. The third-order valence-corrected chi connectivity index (χ3v) is 2.31. The second-order valence-electron chi connectivity index (χ2n) is 3.99. The van der Waals surface area contributed by atoms with Gasteiger partial charge in [0, 0.05) is 26.3 Å². The fourth-order valence-corrected chi connectivity index (χ4v) is 1.24. The fourth-order valence-electron chi connectivity index (χ4n) is 1.24. The molecule has 0 saturated heterocycles. The Hall–Kier alpha value is -1.56. The van der Waals surface area contributed by atoms with Gasteiger partial charge in [-0.25, -0.2) is 9.37 Å². The van der Waals surface area contributed by atoms with Crippen LogP contribution in [0.3, 0.4) is 0 Å². The predicted octanol–water partition coefficient (Wildman–Crippen LogP) is 0.993. The zero-order chi connectivity index (χ0) is 13.0. The molecule has 0 aliphatic carbocycles. The van der Waals surface area contributed by atoms with Crippen LogP contribution in [0.5, 0.6) is 0 Å². The Bertz CT molecular complexity index is 410. The van der Waals surface area contributed by atoms with E-state index in [0.717, 1.165) is 6.20 Å². The van der Waals surface area contributed by atoms with Gasteiger partial charge in [0.05, 0.1) is 5.56 Å². The number of hydrogen-bond acceptors (Lipinski definition) is 3. The normalized spacial score (nSPS) is 10.7. The van der Waals surface area contributed by atoms with Gasteiger partial charge in [0.1, 0.15) is 0 Å². The lowest BCUT2D eigenvalue weighted by Crippen LogP contribution is -2.34. The summed E-state index contributed by atoms with van der Waals surface area (Å²) in [6.45, 7) is 1.09. The van der Waals surface area contributed by atoms with Gasteiger partial charge in [-0.3, -0.25) is 4.79 Å². The fraction of sp³-hybridized carbons (Fsp3) is 0.455. The molecule has 94 valence electrons. The van der Waals surface area contributed by atoms with Crippen LogP contribution in [0.15, 0.2) is 12.3 Å². The zero-order valence-corrected chi connectivity index (χ0v) is 10.1. The Labute approximate surface area is 98.9 Å². The van der Waals surface area contributed by atoms with E-state index in [9.17, 15) is 13.6 Å². The highest BCUT2D eigenvalue weighted by atomic mass is 19.2. The molecule has 0 unspecified atom stereocenters. The number of aromatic nitrogens is 1. The summed E-state index contributed by atoms with van der Waals surface area (Å²) in [4.78, 5) is 18.2. The number of hydrogen-bond donors (Lipinski definition) is 0. The van der Waals surface area contributed by atoms with Crippen LogP contribution in [-0.2, 0) is 0 Å². The molecular weight excluding hydrogens is 228 g/mol. The molecule has 0 bridgehead atoms. The Morgan fingerprint density at radius 3 is 2.53 bits per heavy atom. The van der Waals surface area contributed by atoms with Gasteiger partial charge in [-0.15, -0.1) is 0 Å². The van der Waals surface area contributed by atoms with Crippen molar-refractivity contribution in [1.29, 1.82) is 0 Å². The molecule has 1 aromatic rings. The molecule has 0 spiro atoms. The number of likely N-dealkylation sites (N-methyl/N-ethyl adjacent to an activating group) is 2. The van der Waals surface area contributed by atoms with Crippen LogP contribution in [0.1, 0.15) is 10.4 Å². The van der Waals surface area contributed by atoms with E-state index in [1.54, 1.807) is 7.05 Å². The lowest BCUT2D eigenvalue weighted by Gasteiger charge is -2.19. The minimum atomic E-state index is -1.25. The van der Waals surface area contributed by atoms with Crippen LogP contribution in [-0.4, -0.2) is 54.9 Å². The molecular formula is C11H15F2N3O. The molecule has 0 aliphatic heterocycles. The Morgan fingerprint density at radius 2 is 1.94 bits per heavy atom. The molecule has 0 aliphatic rings. The van der Waals surface area contributed by atoms with E-state index in [4.69, 9.17) is 0 Å². The number of carbonyl (C=O) groups excluding carboxylic acids is 1. The lowest BCUT2D eigenvalue weighted by molar-refractivity contribution is 0.0780. The quantitative estimate of drug-likeness (QED) is 0.740. The summed E-state index contributed by atoms with van der Waals surface area (Å²) >= 11 is 0. The standard InChI is InChI=1S/C11H15F2N3O/c1-15(2)6-7-16(3)11(17)8-4-5-14-10(13)9(8)12/h4-5H,6-7H2,1-3H3. The molecule has 1 rings (SSSR count). The van der Waals surface area contributed by atoms with Crippen molar-refractivity contribution < 1.29 is 13.6 Å². The van der Waals surface area contributed by atoms with Gasteiger partial charge in [-0.2, -0.15) is 4.39 Å². The van der Waals surface area contributed by atoms with Crippen LogP contribution in [0.2, 0.25) is 0 Å². The van der Waals surface area contributed by atoms with Crippen molar-refractivity contribution in [2.45, 2.75) is 0 Å². The van der Waals surface area contributed by atoms with Crippen molar-refractivity contribution in [2.75, 3.05) is 34.2 Å². The van der Waals surface area contributed by atoms with E-state index in [0.29, 0.717) is 13.1 Å². The third-order valence-electron chi connectivity index (χ3n) is 2.31. The highest BCUT2D eigenvalue weighted by Gasteiger charge is 2.19. The van der Waals surface area contributed by atoms with Gasteiger partial charge in [0.25, 0.3) is 5.91 Å². The number of amides is 1. The molecule has 0 N–H and O–H groups in total. The van der Waals surface area contributed by atoms with Gasteiger partial charge < -0.3 is 9.80 Å². The smallest absolute Gasteiger partial charge is 0.256 e.